The number of hydrogen-bond acceptors (Lipinski definition) is 6. The summed E-state index contributed by atoms with van der Waals surface area (Å²) in [5.74, 6) is -0.201. The Hall–Kier alpha value is -0.250. The molecule has 98 valence electrons. The molecular weight excluding hydrogens is 236 g/mol. The third-order valence-corrected chi connectivity index (χ3v) is 2.91. The summed E-state index contributed by atoms with van der Waals surface area (Å²) >= 11 is 0. The smallest absolute Gasteiger partial charge is 0.264 e. The summed E-state index contributed by atoms with van der Waals surface area (Å²) in [6.45, 7) is 5.65. The molecule has 0 aromatic heterocycles. The fourth-order valence-electron chi connectivity index (χ4n) is 1.14. The van der Waals surface area contributed by atoms with Gasteiger partial charge in [0.05, 0.1) is 5.75 Å². The van der Waals surface area contributed by atoms with Gasteiger partial charge in [-0.25, -0.2) is 0 Å². The number of aliphatic hydroxyl groups is 2. The van der Waals surface area contributed by atoms with Crippen LogP contribution in [-0.2, 0) is 10.1 Å². The lowest BCUT2D eigenvalue weighted by Gasteiger charge is -2.35. The Morgan fingerprint density at radius 1 is 1.38 bits per heavy atom. The van der Waals surface area contributed by atoms with Gasteiger partial charge in [-0.2, -0.15) is 8.42 Å². The maximum absolute atomic E-state index is 9.56. The Morgan fingerprint density at radius 3 is 2.19 bits per heavy atom. The minimum absolute atomic E-state index is 0.201. The van der Waals surface area contributed by atoms with Gasteiger partial charge in [0, 0.05) is 13.1 Å². The largest absolute Gasteiger partial charge is 0.374 e. The molecule has 1 rings (SSSR count). The molecule has 7 nitrogen and oxygen atoms in total. The Morgan fingerprint density at radius 2 is 1.88 bits per heavy atom. The zero-order chi connectivity index (χ0) is 12.8. The van der Waals surface area contributed by atoms with E-state index >= 15 is 0 Å². The molecule has 0 bridgehead atoms. The van der Waals surface area contributed by atoms with E-state index in [9.17, 15) is 13.5 Å². The van der Waals surface area contributed by atoms with Crippen molar-refractivity contribution in [1.82, 2.24) is 10.2 Å². The first-order valence-electron chi connectivity index (χ1n) is 5.10. The summed E-state index contributed by atoms with van der Waals surface area (Å²) in [4.78, 5) is 1.82. The fraction of sp³-hybridized carbons (Fsp3) is 1.00. The molecule has 0 saturated carbocycles. The van der Waals surface area contributed by atoms with Gasteiger partial charge in [0.1, 0.15) is 12.5 Å². The minimum Gasteiger partial charge on any atom is -0.374 e. The van der Waals surface area contributed by atoms with E-state index in [0.29, 0.717) is 0 Å². The molecule has 4 N–H and O–H groups in total. The predicted octanol–water partition coefficient (Wildman–Crippen LogP) is -1.56. The summed E-state index contributed by atoms with van der Waals surface area (Å²) in [6.07, 6.45) is -1.52. The maximum Gasteiger partial charge on any atom is 0.264 e. The molecule has 2 atom stereocenters. The lowest BCUT2D eigenvalue weighted by molar-refractivity contribution is -0.114. The Kier molecular flexibility index (Phi) is 7.04. The van der Waals surface area contributed by atoms with Crippen LogP contribution in [0, 0.1) is 0 Å². The van der Waals surface area contributed by atoms with Gasteiger partial charge in [-0.15, -0.1) is 0 Å². The highest BCUT2D eigenvalue weighted by Gasteiger charge is 2.25. The first-order chi connectivity index (χ1) is 7.31. The highest BCUT2D eigenvalue weighted by molar-refractivity contribution is 7.85. The van der Waals surface area contributed by atoms with Crippen molar-refractivity contribution in [2.24, 2.45) is 0 Å². The minimum atomic E-state index is -3.66. The molecule has 0 aliphatic carbocycles. The van der Waals surface area contributed by atoms with E-state index in [1.54, 1.807) is 0 Å². The second-order valence-electron chi connectivity index (χ2n) is 3.31. The van der Waals surface area contributed by atoms with Crippen LogP contribution >= 0.6 is 0 Å². The molecule has 1 fully saturated rings. The van der Waals surface area contributed by atoms with Crippen LogP contribution in [0.2, 0.25) is 0 Å². The zero-order valence-electron chi connectivity index (χ0n) is 9.50. The van der Waals surface area contributed by atoms with Crippen LogP contribution in [0.15, 0.2) is 0 Å². The van der Waals surface area contributed by atoms with Crippen molar-refractivity contribution >= 4 is 10.1 Å². The molecule has 0 amide bonds. The van der Waals surface area contributed by atoms with Crippen molar-refractivity contribution in [2.45, 2.75) is 26.3 Å². The van der Waals surface area contributed by atoms with Crippen LogP contribution in [0.4, 0.5) is 0 Å². The third-order valence-electron chi connectivity index (χ3n) is 2.18. The molecule has 0 aromatic carbocycles. The molecule has 1 saturated heterocycles. The van der Waals surface area contributed by atoms with Crippen LogP contribution in [0.5, 0.6) is 0 Å². The quantitative estimate of drug-likeness (QED) is 0.442. The van der Waals surface area contributed by atoms with Gasteiger partial charge < -0.3 is 10.2 Å². The van der Waals surface area contributed by atoms with Gasteiger partial charge in [0.15, 0.2) is 0 Å². The van der Waals surface area contributed by atoms with Gasteiger partial charge >= 0.3 is 0 Å². The average Bonchev–Trinajstić information content (AvgIpc) is 2.22. The first kappa shape index (κ1) is 15.8. The van der Waals surface area contributed by atoms with Gasteiger partial charge in [-0.1, -0.05) is 6.92 Å². The van der Waals surface area contributed by atoms with Crippen LogP contribution in [-0.4, -0.2) is 65.9 Å². The molecular formula is C8H20N2O5S. The van der Waals surface area contributed by atoms with Crippen LogP contribution in [0.1, 0.15) is 13.8 Å². The lowest BCUT2D eigenvalue weighted by atomic mass is 10.3. The summed E-state index contributed by atoms with van der Waals surface area (Å²) in [6, 6.07) is 0. The molecule has 2 unspecified atom stereocenters. The highest BCUT2D eigenvalue weighted by atomic mass is 32.2. The Balaban J connectivity index is 0.000000325. The highest BCUT2D eigenvalue weighted by Crippen LogP contribution is 2.02. The summed E-state index contributed by atoms with van der Waals surface area (Å²) in [5, 5.41) is 21.1. The standard InChI is InChI=1S/C6H14N2O2.C2H6O3S/c1-2-8-4-3-7-5(9)6(8)10;1-2-6(3,4)5/h5-7,9-10H,2-4H2,1H3;2H2,1H3,(H,3,4,5). The lowest BCUT2D eigenvalue weighted by Crippen LogP contribution is -2.57. The summed E-state index contributed by atoms with van der Waals surface area (Å²) in [5.41, 5.74) is 0. The van der Waals surface area contributed by atoms with Crippen molar-refractivity contribution in [3.8, 4) is 0 Å². The van der Waals surface area contributed by atoms with Crippen molar-refractivity contribution in [3.05, 3.63) is 0 Å². The van der Waals surface area contributed by atoms with E-state index in [2.05, 4.69) is 5.32 Å². The molecule has 0 aromatic rings. The fourth-order valence-corrected chi connectivity index (χ4v) is 1.14. The Bertz CT molecular complexity index is 282. The summed E-state index contributed by atoms with van der Waals surface area (Å²) in [7, 11) is -3.66. The predicted molar refractivity (Wildman–Crippen MR) is 59.4 cm³/mol. The maximum atomic E-state index is 9.56. The van der Waals surface area contributed by atoms with Gasteiger partial charge in [0.2, 0.25) is 0 Å². The van der Waals surface area contributed by atoms with Crippen LogP contribution in [0.3, 0.4) is 0 Å². The number of nitrogens with one attached hydrogen (secondary N) is 1. The van der Waals surface area contributed by atoms with E-state index in [0.717, 1.165) is 19.6 Å². The molecule has 1 aliphatic rings. The number of hydrogen-bond donors (Lipinski definition) is 4. The number of rotatable bonds is 2. The molecule has 0 radical (unpaired) electrons. The van der Waals surface area contributed by atoms with Crippen LogP contribution < -0.4 is 5.32 Å². The number of likely N-dealkylation sites (N-methyl/N-ethyl adjacent to an activating group) is 1. The molecule has 0 spiro atoms. The van der Waals surface area contributed by atoms with Crippen LogP contribution in [0.25, 0.3) is 0 Å². The van der Waals surface area contributed by atoms with E-state index in [1.807, 2.05) is 11.8 Å². The van der Waals surface area contributed by atoms with Crippen molar-refractivity contribution in [2.75, 3.05) is 25.4 Å². The zero-order valence-corrected chi connectivity index (χ0v) is 10.3. The van der Waals surface area contributed by atoms with Gasteiger partial charge in [-0.3, -0.25) is 14.8 Å². The number of piperazine rings is 1. The van der Waals surface area contributed by atoms with E-state index < -0.39 is 22.6 Å². The topological polar surface area (TPSA) is 110 Å². The molecule has 1 aliphatic heterocycles. The second-order valence-corrected chi connectivity index (χ2v) is 5.05. The third kappa shape index (κ3) is 6.36. The van der Waals surface area contributed by atoms with Crippen molar-refractivity contribution in [1.29, 1.82) is 0 Å². The normalized spacial score (nSPS) is 27.1. The molecule has 8 heteroatoms. The van der Waals surface area contributed by atoms with Crippen molar-refractivity contribution < 1.29 is 23.2 Å². The molecule has 16 heavy (non-hydrogen) atoms. The van der Waals surface area contributed by atoms with Gasteiger partial charge in [0.25, 0.3) is 10.1 Å². The summed E-state index contributed by atoms with van der Waals surface area (Å²) < 4.78 is 26.9. The van der Waals surface area contributed by atoms with E-state index in [1.165, 1.54) is 6.92 Å². The van der Waals surface area contributed by atoms with E-state index in [4.69, 9.17) is 9.66 Å². The number of aliphatic hydroxyl groups excluding tert-OH is 2. The second kappa shape index (κ2) is 7.15. The average molecular weight is 256 g/mol. The molecule has 1 heterocycles. The van der Waals surface area contributed by atoms with Gasteiger partial charge in [-0.05, 0) is 13.5 Å². The SMILES string of the molecule is CCN1CCNC(O)C1O.CCS(=O)(=O)O. The number of nitrogens with zero attached hydrogens (tertiary/aromatic N) is 1. The monoisotopic (exact) mass is 256 g/mol. The van der Waals surface area contributed by atoms with E-state index in [-0.39, 0.29) is 5.75 Å². The Labute approximate surface area is 95.8 Å². The first-order valence-corrected chi connectivity index (χ1v) is 6.71. The van der Waals surface area contributed by atoms with Crippen molar-refractivity contribution in [3.63, 3.8) is 0 Å².